The number of anilines is 1. The van der Waals surface area contributed by atoms with Crippen molar-refractivity contribution in [1.29, 1.82) is 0 Å². The van der Waals surface area contributed by atoms with E-state index in [1.807, 2.05) is 23.6 Å². The Labute approximate surface area is 111 Å². The first kappa shape index (κ1) is 13.1. The van der Waals surface area contributed by atoms with Crippen molar-refractivity contribution in [1.82, 2.24) is 0 Å². The van der Waals surface area contributed by atoms with Gasteiger partial charge >= 0.3 is 0 Å². The smallest absolute Gasteiger partial charge is 0.213 e. The maximum atomic E-state index is 10.9. The summed E-state index contributed by atoms with van der Waals surface area (Å²) in [5, 5.41) is 10.3. The molecule has 0 amide bonds. The van der Waals surface area contributed by atoms with Gasteiger partial charge in [0.05, 0.1) is 5.75 Å². The second-order valence-electron chi connectivity index (χ2n) is 3.94. The minimum Gasteiger partial charge on any atom is -0.380 e. The highest BCUT2D eigenvalue weighted by molar-refractivity contribution is 7.88. The van der Waals surface area contributed by atoms with E-state index < -0.39 is 10.0 Å². The number of thiophene rings is 1. The maximum absolute atomic E-state index is 10.9. The largest absolute Gasteiger partial charge is 0.380 e. The predicted octanol–water partition coefficient (Wildman–Crippen LogP) is 2.15. The molecule has 0 saturated heterocycles. The lowest BCUT2D eigenvalue weighted by Gasteiger charge is -2.06. The second-order valence-corrected chi connectivity index (χ2v) is 6.58. The van der Waals surface area contributed by atoms with Crippen LogP contribution >= 0.6 is 11.3 Å². The number of hydrogen-bond acceptors (Lipinski definition) is 4. The van der Waals surface area contributed by atoms with Gasteiger partial charge in [0.15, 0.2) is 0 Å². The van der Waals surface area contributed by atoms with Crippen molar-refractivity contribution < 1.29 is 8.42 Å². The molecule has 1 aromatic carbocycles. The Morgan fingerprint density at radius 3 is 2.44 bits per heavy atom. The van der Waals surface area contributed by atoms with Crippen LogP contribution in [-0.2, 0) is 22.3 Å². The van der Waals surface area contributed by atoms with Crippen molar-refractivity contribution in [3.63, 3.8) is 0 Å². The Bertz CT molecular complexity index is 590. The van der Waals surface area contributed by atoms with Crippen LogP contribution in [-0.4, -0.2) is 8.42 Å². The highest BCUT2D eigenvalue weighted by Crippen LogP contribution is 2.14. The molecule has 0 unspecified atom stereocenters. The molecule has 3 N–H and O–H groups in total. The van der Waals surface area contributed by atoms with Gasteiger partial charge in [0, 0.05) is 17.1 Å². The van der Waals surface area contributed by atoms with Gasteiger partial charge in [-0.25, -0.2) is 13.6 Å². The molecule has 0 radical (unpaired) electrons. The van der Waals surface area contributed by atoms with Gasteiger partial charge in [-0.1, -0.05) is 18.2 Å². The number of rotatable bonds is 5. The molecule has 4 nitrogen and oxygen atoms in total. The Morgan fingerprint density at radius 1 is 1.17 bits per heavy atom. The first-order chi connectivity index (χ1) is 8.53. The van der Waals surface area contributed by atoms with Crippen molar-refractivity contribution in [3.05, 3.63) is 52.2 Å². The molecule has 1 heterocycles. The predicted molar refractivity (Wildman–Crippen MR) is 74.9 cm³/mol. The number of primary sulfonamides is 1. The summed E-state index contributed by atoms with van der Waals surface area (Å²) in [5.41, 5.74) is 1.65. The fourth-order valence-corrected chi connectivity index (χ4v) is 2.86. The first-order valence-corrected chi connectivity index (χ1v) is 7.98. The van der Waals surface area contributed by atoms with Crippen LogP contribution in [0.4, 0.5) is 5.69 Å². The Morgan fingerprint density at radius 2 is 1.89 bits per heavy atom. The highest BCUT2D eigenvalue weighted by Gasteiger charge is 2.04. The number of hydrogen-bond donors (Lipinski definition) is 2. The fraction of sp³-hybridized carbons (Fsp3) is 0.167. The molecule has 0 atom stereocenters. The van der Waals surface area contributed by atoms with Gasteiger partial charge in [0.25, 0.3) is 0 Å². The molecule has 0 aliphatic carbocycles. The number of sulfonamides is 1. The van der Waals surface area contributed by atoms with E-state index in [0.29, 0.717) is 5.56 Å². The van der Waals surface area contributed by atoms with Crippen LogP contribution in [0, 0.1) is 0 Å². The molecule has 0 bridgehead atoms. The van der Waals surface area contributed by atoms with Gasteiger partial charge in [-0.2, -0.15) is 0 Å². The van der Waals surface area contributed by atoms with E-state index in [-0.39, 0.29) is 5.75 Å². The van der Waals surface area contributed by atoms with E-state index in [2.05, 4.69) is 11.4 Å². The minimum atomic E-state index is -3.46. The van der Waals surface area contributed by atoms with Crippen LogP contribution < -0.4 is 10.5 Å². The standard InChI is InChI=1S/C12H14N2O2S2/c13-18(15,16)9-10-3-5-11(6-4-10)14-8-12-2-1-7-17-12/h1-7,14H,8-9H2,(H2,13,15,16). The average molecular weight is 282 g/mol. The molecule has 2 rings (SSSR count). The minimum absolute atomic E-state index is 0.127. The van der Waals surface area contributed by atoms with Crippen LogP contribution in [0.15, 0.2) is 41.8 Å². The first-order valence-electron chi connectivity index (χ1n) is 5.38. The molecule has 2 aromatic rings. The summed E-state index contributed by atoms with van der Waals surface area (Å²) >= 11 is 1.69. The lowest BCUT2D eigenvalue weighted by atomic mass is 10.2. The number of benzene rings is 1. The lowest BCUT2D eigenvalue weighted by molar-refractivity contribution is 0.597. The molecule has 0 fully saturated rings. The van der Waals surface area contributed by atoms with Crippen LogP contribution in [0.1, 0.15) is 10.4 Å². The molecular weight excluding hydrogens is 268 g/mol. The molecule has 18 heavy (non-hydrogen) atoms. The molecule has 0 aliphatic rings. The SMILES string of the molecule is NS(=O)(=O)Cc1ccc(NCc2cccs2)cc1. The van der Waals surface area contributed by atoms with Gasteiger partial charge in [0.2, 0.25) is 10.0 Å². The summed E-state index contributed by atoms with van der Waals surface area (Å²) in [6.07, 6.45) is 0. The van der Waals surface area contributed by atoms with Crippen molar-refractivity contribution in [2.24, 2.45) is 5.14 Å². The Kier molecular flexibility index (Phi) is 4.00. The quantitative estimate of drug-likeness (QED) is 0.882. The Balaban J connectivity index is 1.95. The third-order valence-corrected chi connectivity index (χ3v) is 3.98. The van der Waals surface area contributed by atoms with E-state index in [9.17, 15) is 8.42 Å². The molecule has 0 saturated carbocycles. The third kappa shape index (κ3) is 4.14. The Hall–Kier alpha value is -1.37. The van der Waals surface area contributed by atoms with Gasteiger partial charge in [-0.3, -0.25) is 0 Å². The summed E-state index contributed by atoms with van der Waals surface area (Å²) in [6, 6.07) is 11.3. The van der Waals surface area contributed by atoms with E-state index >= 15 is 0 Å². The van der Waals surface area contributed by atoms with Gasteiger partial charge in [-0.15, -0.1) is 11.3 Å². The molecule has 6 heteroatoms. The molecule has 0 spiro atoms. The maximum Gasteiger partial charge on any atom is 0.213 e. The van der Waals surface area contributed by atoms with Crippen LogP contribution in [0.5, 0.6) is 0 Å². The number of nitrogens with one attached hydrogen (secondary N) is 1. The van der Waals surface area contributed by atoms with E-state index in [0.717, 1.165) is 12.2 Å². The van der Waals surface area contributed by atoms with Crippen molar-refractivity contribution in [3.8, 4) is 0 Å². The van der Waals surface area contributed by atoms with Gasteiger partial charge < -0.3 is 5.32 Å². The van der Waals surface area contributed by atoms with E-state index in [1.54, 1.807) is 23.5 Å². The second kappa shape index (κ2) is 5.51. The third-order valence-electron chi connectivity index (χ3n) is 2.37. The molecular formula is C12H14N2O2S2. The van der Waals surface area contributed by atoms with Crippen LogP contribution in [0.25, 0.3) is 0 Å². The van der Waals surface area contributed by atoms with Crippen LogP contribution in [0.3, 0.4) is 0 Å². The van der Waals surface area contributed by atoms with E-state index in [1.165, 1.54) is 4.88 Å². The zero-order valence-corrected chi connectivity index (χ0v) is 11.3. The van der Waals surface area contributed by atoms with Gasteiger partial charge in [0.1, 0.15) is 0 Å². The molecule has 96 valence electrons. The number of nitrogens with two attached hydrogens (primary N) is 1. The highest BCUT2D eigenvalue weighted by atomic mass is 32.2. The topological polar surface area (TPSA) is 72.2 Å². The van der Waals surface area contributed by atoms with Crippen molar-refractivity contribution in [2.45, 2.75) is 12.3 Å². The summed E-state index contributed by atoms with van der Waals surface area (Å²) in [6.45, 7) is 0.770. The lowest BCUT2D eigenvalue weighted by Crippen LogP contribution is -2.14. The molecule has 1 aromatic heterocycles. The van der Waals surface area contributed by atoms with Crippen LogP contribution in [0.2, 0.25) is 0 Å². The summed E-state index contributed by atoms with van der Waals surface area (Å²) in [7, 11) is -3.46. The molecule has 0 aliphatic heterocycles. The monoisotopic (exact) mass is 282 g/mol. The zero-order chi connectivity index (χ0) is 13.0. The summed E-state index contributed by atoms with van der Waals surface area (Å²) in [5.74, 6) is -0.127. The van der Waals surface area contributed by atoms with Crippen molar-refractivity contribution >= 4 is 27.0 Å². The van der Waals surface area contributed by atoms with E-state index in [4.69, 9.17) is 5.14 Å². The van der Waals surface area contributed by atoms with Crippen molar-refractivity contribution in [2.75, 3.05) is 5.32 Å². The fourth-order valence-electron chi connectivity index (χ4n) is 1.55. The normalized spacial score (nSPS) is 11.4. The zero-order valence-electron chi connectivity index (χ0n) is 9.67. The average Bonchev–Trinajstić information content (AvgIpc) is 2.79. The summed E-state index contributed by atoms with van der Waals surface area (Å²) < 4.78 is 21.9. The summed E-state index contributed by atoms with van der Waals surface area (Å²) in [4.78, 5) is 1.25. The van der Waals surface area contributed by atoms with Gasteiger partial charge in [-0.05, 0) is 29.1 Å².